The molecule has 4 nitrogen and oxygen atoms in total. The van der Waals surface area contributed by atoms with Gasteiger partial charge in [0.15, 0.2) is 0 Å². The lowest BCUT2D eigenvalue weighted by Gasteiger charge is -2.29. The Morgan fingerprint density at radius 1 is 1.40 bits per heavy atom. The Morgan fingerprint density at radius 2 is 2.00 bits per heavy atom. The maximum atomic E-state index is 10.3. The molecule has 0 aliphatic carbocycles. The summed E-state index contributed by atoms with van der Waals surface area (Å²) >= 11 is 0. The number of hydrogen-bond acceptors (Lipinski definition) is 3. The van der Waals surface area contributed by atoms with Gasteiger partial charge in [0.1, 0.15) is 5.60 Å². The second-order valence-electron chi connectivity index (χ2n) is 5.22. The molecule has 0 spiro atoms. The van der Waals surface area contributed by atoms with Crippen LogP contribution in [0, 0.1) is 0 Å². The van der Waals surface area contributed by atoms with Crippen LogP contribution >= 0.6 is 0 Å². The summed E-state index contributed by atoms with van der Waals surface area (Å²) in [5.74, 6) is 0. The number of nitrogens with zero attached hydrogens (tertiary/aromatic N) is 2. The highest BCUT2D eigenvalue weighted by molar-refractivity contribution is 5.11. The standard InChI is InChI=1S/C11H21N3O/c1-10(2,3)12-8-11(4,15)9-6-7-13-14(9)5/h6-7,12,15H,8H2,1-5H3. The number of aryl methyl sites for hydroxylation is 1. The van der Waals surface area contributed by atoms with Crippen molar-refractivity contribution in [3.63, 3.8) is 0 Å². The highest BCUT2D eigenvalue weighted by Crippen LogP contribution is 2.19. The fraction of sp³-hybridized carbons (Fsp3) is 0.727. The van der Waals surface area contributed by atoms with Crippen molar-refractivity contribution in [2.24, 2.45) is 7.05 Å². The second-order valence-corrected chi connectivity index (χ2v) is 5.22. The van der Waals surface area contributed by atoms with Crippen LogP contribution in [0.1, 0.15) is 33.4 Å². The van der Waals surface area contributed by atoms with Gasteiger partial charge in [-0.3, -0.25) is 4.68 Å². The summed E-state index contributed by atoms with van der Waals surface area (Å²) in [7, 11) is 1.83. The van der Waals surface area contributed by atoms with Crippen LogP contribution in [-0.4, -0.2) is 27.0 Å². The largest absolute Gasteiger partial charge is 0.383 e. The number of rotatable bonds is 3. The van der Waals surface area contributed by atoms with E-state index < -0.39 is 5.60 Å². The van der Waals surface area contributed by atoms with Gasteiger partial charge < -0.3 is 10.4 Å². The van der Waals surface area contributed by atoms with Crippen LogP contribution in [0.5, 0.6) is 0 Å². The van der Waals surface area contributed by atoms with E-state index in [2.05, 4.69) is 31.2 Å². The molecule has 0 saturated heterocycles. The van der Waals surface area contributed by atoms with Crippen molar-refractivity contribution in [2.45, 2.75) is 38.8 Å². The fourth-order valence-electron chi connectivity index (χ4n) is 1.43. The average Bonchev–Trinajstić information content (AvgIpc) is 2.47. The second kappa shape index (κ2) is 3.94. The zero-order chi connectivity index (χ0) is 11.7. The summed E-state index contributed by atoms with van der Waals surface area (Å²) in [6, 6.07) is 1.84. The Kier molecular flexibility index (Phi) is 3.21. The van der Waals surface area contributed by atoms with Gasteiger partial charge in [-0.2, -0.15) is 5.10 Å². The third kappa shape index (κ3) is 3.32. The van der Waals surface area contributed by atoms with Gasteiger partial charge in [0.05, 0.1) is 5.69 Å². The monoisotopic (exact) mass is 211 g/mol. The van der Waals surface area contributed by atoms with Gasteiger partial charge in [0.25, 0.3) is 0 Å². The van der Waals surface area contributed by atoms with E-state index in [0.717, 1.165) is 5.69 Å². The summed E-state index contributed by atoms with van der Waals surface area (Å²) in [4.78, 5) is 0. The molecule has 0 amide bonds. The van der Waals surface area contributed by atoms with Crippen LogP contribution in [0.2, 0.25) is 0 Å². The van der Waals surface area contributed by atoms with E-state index in [-0.39, 0.29) is 5.54 Å². The lowest BCUT2D eigenvalue weighted by atomic mass is 10.00. The van der Waals surface area contributed by atoms with Crippen molar-refractivity contribution in [3.8, 4) is 0 Å². The van der Waals surface area contributed by atoms with Gasteiger partial charge in [0.2, 0.25) is 0 Å². The van der Waals surface area contributed by atoms with Gasteiger partial charge in [0, 0.05) is 25.3 Å². The summed E-state index contributed by atoms with van der Waals surface area (Å²) in [5.41, 5.74) is -0.0690. The Balaban J connectivity index is 2.72. The number of aliphatic hydroxyl groups is 1. The molecule has 0 fully saturated rings. The molecule has 1 aromatic heterocycles. The van der Waals surface area contributed by atoms with Crippen LogP contribution in [0.15, 0.2) is 12.3 Å². The molecule has 1 rings (SSSR count). The first kappa shape index (κ1) is 12.2. The van der Waals surface area contributed by atoms with Crippen molar-refractivity contribution in [1.29, 1.82) is 0 Å². The summed E-state index contributed by atoms with van der Waals surface area (Å²) in [6.45, 7) is 8.53. The minimum absolute atomic E-state index is 0.00256. The minimum atomic E-state index is -0.890. The Bertz CT molecular complexity index is 323. The van der Waals surface area contributed by atoms with Crippen LogP contribution < -0.4 is 5.32 Å². The molecule has 0 radical (unpaired) electrons. The lowest BCUT2D eigenvalue weighted by Crippen LogP contribution is -2.45. The van der Waals surface area contributed by atoms with E-state index in [1.54, 1.807) is 17.8 Å². The fourth-order valence-corrected chi connectivity index (χ4v) is 1.43. The molecule has 1 atom stereocenters. The van der Waals surface area contributed by atoms with Crippen molar-refractivity contribution in [1.82, 2.24) is 15.1 Å². The average molecular weight is 211 g/mol. The molecule has 2 N–H and O–H groups in total. The van der Waals surface area contributed by atoms with E-state index in [1.807, 2.05) is 13.1 Å². The van der Waals surface area contributed by atoms with Gasteiger partial charge in [-0.05, 0) is 33.8 Å². The highest BCUT2D eigenvalue weighted by Gasteiger charge is 2.27. The third-order valence-corrected chi connectivity index (χ3v) is 2.34. The summed E-state index contributed by atoms with van der Waals surface area (Å²) in [5, 5.41) is 17.6. The number of hydrogen-bond donors (Lipinski definition) is 2. The van der Waals surface area contributed by atoms with Crippen LogP contribution in [0.4, 0.5) is 0 Å². The molecule has 1 unspecified atom stereocenters. The van der Waals surface area contributed by atoms with Crippen LogP contribution in [0.25, 0.3) is 0 Å². The highest BCUT2D eigenvalue weighted by atomic mass is 16.3. The molecule has 15 heavy (non-hydrogen) atoms. The maximum Gasteiger partial charge on any atom is 0.116 e. The first-order chi connectivity index (χ1) is 6.72. The molecule has 0 saturated carbocycles. The first-order valence-corrected chi connectivity index (χ1v) is 5.18. The van der Waals surface area contributed by atoms with Crippen molar-refractivity contribution in [2.75, 3.05) is 6.54 Å². The normalized spacial score (nSPS) is 16.4. The first-order valence-electron chi connectivity index (χ1n) is 5.18. The van der Waals surface area contributed by atoms with Gasteiger partial charge in [-0.15, -0.1) is 0 Å². The molecular weight excluding hydrogens is 190 g/mol. The number of aromatic nitrogens is 2. The summed E-state index contributed by atoms with van der Waals surface area (Å²) < 4.78 is 1.70. The molecule has 1 heterocycles. The van der Waals surface area contributed by atoms with E-state index >= 15 is 0 Å². The predicted octanol–water partition coefficient (Wildman–Crippen LogP) is 1.02. The molecule has 86 valence electrons. The Hall–Kier alpha value is -0.870. The predicted molar refractivity (Wildman–Crippen MR) is 60.5 cm³/mol. The van der Waals surface area contributed by atoms with Crippen LogP contribution in [-0.2, 0) is 12.6 Å². The van der Waals surface area contributed by atoms with Gasteiger partial charge in [-0.25, -0.2) is 0 Å². The zero-order valence-electron chi connectivity index (χ0n) is 10.2. The van der Waals surface area contributed by atoms with Crippen molar-refractivity contribution < 1.29 is 5.11 Å². The minimum Gasteiger partial charge on any atom is -0.383 e. The smallest absolute Gasteiger partial charge is 0.116 e. The van der Waals surface area contributed by atoms with E-state index in [0.29, 0.717) is 6.54 Å². The van der Waals surface area contributed by atoms with Gasteiger partial charge in [-0.1, -0.05) is 0 Å². The van der Waals surface area contributed by atoms with E-state index in [1.165, 1.54) is 0 Å². The Labute approximate surface area is 91.3 Å². The Morgan fingerprint density at radius 3 is 2.40 bits per heavy atom. The van der Waals surface area contributed by atoms with Crippen LogP contribution in [0.3, 0.4) is 0 Å². The topological polar surface area (TPSA) is 50.1 Å². The van der Waals surface area contributed by atoms with E-state index in [9.17, 15) is 5.11 Å². The molecule has 0 aromatic carbocycles. The van der Waals surface area contributed by atoms with E-state index in [4.69, 9.17) is 0 Å². The molecule has 1 aromatic rings. The van der Waals surface area contributed by atoms with Crippen molar-refractivity contribution in [3.05, 3.63) is 18.0 Å². The molecule has 4 heteroatoms. The quantitative estimate of drug-likeness (QED) is 0.784. The summed E-state index contributed by atoms with van der Waals surface area (Å²) in [6.07, 6.45) is 1.70. The molecule has 0 aliphatic rings. The molecular formula is C11H21N3O. The number of β-amino-alcohol motifs (C(OH)–C–C–N with tert-alkyl or cyclic N) is 1. The lowest BCUT2D eigenvalue weighted by molar-refractivity contribution is 0.0421. The number of nitrogens with one attached hydrogen (secondary N) is 1. The third-order valence-electron chi connectivity index (χ3n) is 2.34. The van der Waals surface area contributed by atoms with Gasteiger partial charge >= 0.3 is 0 Å². The SMILES string of the molecule is Cn1nccc1C(C)(O)CNC(C)(C)C. The van der Waals surface area contributed by atoms with Crippen molar-refractivity contribution >= 4 is 0 Å². The molecule has 0 aliphatic heterocycles. The molecule has 0 bridgehead atoms. The zero-order valence-corrected chi connectivity index (χ0v) is 10.2. The maximum absolute atomic E-state index is 10.3.